The summed E-state index contributed by atoms with van der Waals surface area (Å²) in [7, 11) is 2.19. The van der Waals surface area contributed by atoms with Crippen molar-refractivity contribution in [1.29, 1.82) is 0 Å². The molecule has 0 saturated carbocycles. The minimum absolute atomic E-state index is 0.116. The van der Waals surface area contributed by atoms with Crippen molar-refractivity contribution in [2.45, 2.75) is 103 Å². The fourth-order valence-electron chi connectivity index (χ4n) is 7.59. The molecule has 0 amide bonds. The van der Waals surface area contributed by atoms with Gasteiger partial charge in [0.15, 0.2) is 0 Å². The molecule has 234 valence electrons. The molecule has 2 aliphatic carbocycles. The molecular weight excluding hydrogens is 568 g/mol. The Hall–Kier alpha value is -2.85. The fraction of sp³-hybridized carbons (Fsp3) is 0.688. The zero-order valence-electron chi connectivity index (χ0n) is 26.3. The second kappa shape index (κ2) is 13.4. The van der Waals surface area contributed by atoms with Crippen molar-refractivity contribution >= 4 is 29.4 Å². The van der Waals surface area contributed by atoms with Crippen molar-refractivity contribution in [3.63, 3.8) is 0 Å². The van der Waals surface area contributed by atoms with Crippen molar-refractivity contribution in [2.24, 2.45) is 11.8 Å². The highest BCUT2D eigenvalue weighted by atomic mass is 35.5. The molecule has 7 unspecified atom stereocenters. The largest absolute Gasteiger partial charge is 0.456 e. The maximum atomic E-state index is 12.0. The number of nitrogens with zero attached hydrogens (tertiary/aromatic N) is 6. The van der Waals surface area contributed by atoms with E-state index in [1.807, 2.05) is 0 Å². The molecule has 5 rings (SSSR count). The van der Waals surface area contributed by atoms with Gasteiger partial charge in [0, 0.05) is 56.6 Å². The topological polar surface area (TPSA) is 111 Å². The van der Waals surface area contributed by atoms with Crippen LogP contribution in [0.4, 0.5) is 5.82 Å². The van der Waals surface area contributed by atoms with E-state index in [2.05, 4.69) is 52.6 Å². The highest BCUT2D eigenvalue weighted by Gasteiger charge is 2.43. The molecule has 3 aliphatic rings. The van der Waals surface area contributed by atoms with Crippen LogP contribution in [0.2, 0.25) is 5.15 Å². The number of rotatable bonds is 10. The Balaban J connectivity index is 1.28. The first-order valence-corrected chi connectivity index (χ1v) is 16.1. The molecule has 0 spiro atoms. The molecular formula is C32H45ClN6O4. The first kappa shape index (κ1) is 31.6. The standard InChI is InChI=1S/C32H45ClN6O4/c1-7-22(9-11-24-19(3)27-29(30(24)43-21(5)41)35-16-36-31(27)33)8-10-23-15-38(6)12-13-39(23)32-26-18(2)14-25(42-20(4)40)28(26)34-17-37-32/h16-19,22-25,30H,7-15H2,1-6H3. The van der Waals surface area contributed by atoms with Crippen molar-refractivity contribution in [3.8, 4) is 0 Å². The second-order valence-electron chi connectivity index (χ2n) is 12.7. The highest BCUT2D eigenvalue weighted by Crippen LogP contribution is 2.50. The van der Waals surface area contributed by atoms with Gasteiger partial charge >= 0.3 is 11.9 Å². The fourth-order valence-corrected chi connectivity index (χ4v) is 7.91. The Bertz CT molecular complexity index is 1330. The summed E-state index contributed by atoms with van der Waals surface area (Å²) in [5.41, 5.74) is 3.65. The predicted molar refractivity (Wildman–Crippen MR) is 164 cm³/mol. The lowest BCUT2D eigenvalue weighted by atomic mass is 9.84. The smallest absolute Gasteiger partial charge is 0.303 e. The van der Waals surface area contributed by atoms with Crippen molar-refractivity contribution < 1.29 is 19.1 Å². The normalized spacial score (nSPS) is 27.5. The number of hydrogen-bond acceptors (Lipinski definition) is 10. The number of anilines is 1. The lowest BCUT2D eigenvalue weighted by Gasteiger charge is -2.42. The van der Waals surface area contributed by atoms with E-state index in [1.54, 1.807) is 6.33 Å². The van der Waals surface area contributed by atoms with Crippen LogP contribution in [0.25, 0.3) is 0 Å². The van der Waals surface area contributed by atoms with Gasteiger partial charge in [-0.15, -0.1) is 0 Å². The molecule has 2 aromatic heterocycles. The third-order valence-electron chi connectivity index (χ3n) is 9.83. The van der Waals surface area contributed by atoms with Crippen LogP contribution in [-0.4, -0.2) is 69.5 Å². The average Bonchev–Trinajstić information content (AvgIpc) is 3.41. The van der Waals surface area contributed by atoms with Gasteiger partial charge in [-0.05, 0) is 50.5 Å². The number of halogens is 1. The van der Waals surface area contributed by atoms with Gasteiger partial charge in [0.05, 0.1) is 11.4 Å². The van der Waals surface area contributed by atoms with Gasteiger partial charge in [-0.3, -0.25) is 9.59 Å². The lowest BCUT2D eigenvalue weighted by molar-refractivity contribution is -0.150. The molecule has 1 aliphatic heterocycles. The number of ether oxygens (including phenoxy) is 2. The van der Waals surface area contributed by atoms with E-state index in [0.29, 0.717) is 17.1 Å². The predicted octanol–water partition coefficient (Wildman–Crippen LogP) is 5.78. The summed E-state index contributed by atoms with van der Waals surface area (Å²) in [6.45, 7) is 12.3. The second-order valence-corrected chi connectivity index (χ2v) is 13.1. The van der Waals surface area contributed by atoms with E-state index in [0.717, 1.165) is 86.5 Å². The Morgan fingerprint density at radius 3 is 2.40 bits per heavy atom. The molecule has 1 saturated heterocycles. The molecule has 11 heteroatoms. The first-order valence-electron chi connectivity index (χ1n) is 15.7. The molecule has 2 aromatic rings. The SMILES string of the molecule is CCC(CCC1C(C)c2c(Cl)ncnc2C1OC(C)=O)CCC1CN(C)CCN1c1ncnc2c1C(C)CC2OC(C)=O. The zero-order valence-corrected chi connectivity index (χ0v) is 27.0. The van der Waals surface area contributed by atoms with E-state index in [9.17, 15) is 9.59 Å². The van der Waals surface area contributed by atoms with E-state index in [1.165, 1.54) is 20.2 Å². The summed E-state index contributed by atoms with van der Waals surface area (Å²) in [4.78, 5) is 46.7. The zero-order chi connectivity index (χ0) is 30.8. The minimum atomic E-state index is -0.388. The first-order chi connectivity index (χ1) is 20.6. The highest BCUT2D eigenvalue weighted by molar-refractivity contribution is 6.30. The molecule has 0 N–H and O–H groups in total. The molecule has 1 fully saturated rings. The number of hydrogen-bond donors (Lipinski definition) is 0. The van der Waals surface area contributed by atoms with E-state index >= 15 is 0 Å². The monoisotopic (exact) mass is 612 g/mol. The van der Waals surface area contributed by atoms with Crippen molar-refractivity contribution in [1.82, 2.24) is 24.8 Å². The van der Waals surface area contributed by atoms with Crippen molar-refractivity contribution in [2.75, 3.05) is 31.6 Å². The number of esters is 2. The Kier molecular flexibility index (Phi) is 9.86. The molecule has 43 heavy (non-hydrogen) atoms. The Morgan fingerprint density at radius 1 is 0.977 bits per heavy atom. The molecule has 7 atom stereocenters. The maximum Gasteiger partial charge on any atom is 0.303 e. The van der Waals surface area contributed by atoms with Crippen molar-refractivity contribution in [3.05, 3.63) is 40.3 Å². The number of carbonyl (C=O) groups is 2. The van der Waals surface area contributed by atoms with E-state index < -0.39 is 0 Å². The molecule has 0 bridgehead atoms. The summed E-state index contributed by atoms with van der Waals surface area (Å²) in [6.07, 6.45) is 8.32. The molecule has 3 heterocycles. The van der Waals surface area contributed by atoms with Crippen LogP contribution >= 0.6 is 11.6 Å². The van der Waals surface area contributed by atoms with Gasteiger partial charge in [-0.1, -0.05) is 45.2 Å². The van der Waals surface area contributed by atoms with Crippen LogP contribution in [0.15, 0.2) is 12.7 Å². The number of aromatic nitrogens is 4. The Labute approximate surface area is 259 Å². The molecule has 0 aromatic carbocycles. The van der Waals surface area contributed by atoms with Crippen LogP contribution in [-0.2, 0) is 19.1 Å². The maximum absolute atomic E-state index is 12.0. The Morgan fingerprint density at radius 2 is 1.67 bits per heavy atom. The minimum Gasteiger partial charge on any atom is -0.456 e. The third-order valence-corrected chi connectivity index (χ3v) is 10.1. The van der Waals surface area contributed by atoms with Gasteiger partial charge in [0.25, 0.3) is 0 Å². The number of carbonyl (C=O) groups excluding carboxylic acids is 2. The number of likely N-dealkylation sites (N-methyl/N-ethyl adjacent to an activating group) is 1. The van der Waals surface area contributed by atoms with Gasteiger partial charge in [0.1, 0.15) is 35.8 Å². The van der Waals surface area contributed by atoms with Gasteiger partial charge in [-0.25, -0.2) is 19.9 Å². The van der Waals surface area contributed by atoms with Gasteiger partial charge < -0.3 is 19.3 Å². The van der Waals surface area contributed by atoms with Crippen LogP contribution in [0.1, 0.15) is 120 Å². The van der Waals surface area contributed by atoms with E-state index in [-0.39, 0.29) is 41.9 Å². The van der Waals surface area contributed by atoms with Crippen LogP contribution < -0.4 is 4.90 Å². The van der Waals surface area contributed by atoms with Crippen LogP contribution in [0, 0.1) is 11.8 Å². The van der Waals surface area contributed by atoms with E-state index in [4.69, 9.17) is 26.1 Å². The summed E-state index contributed by atoms with van der Waals surface area (Å²) < 4.78 is 11.4. The quantitative estimate of drug-likeness (QED) is 0.242. The summed E-state index contributed by atoms with van der Waals surface area (Å²) in [5.74, 6) is 1.41. The van der Waals surface area contributed by atoms with Crippen LogP contribution in [0.3, 0.4) is 0 Å². The van der Waals surface area contributed by atoms with Gasteiger partial charge in [0.2, 0.25) is 0 Å². The molecule has 0 radical (unpaired) electrons. The average molecular weight is 613 g/mol. The summed E-state index contributed by atoms with van der Waals surface area (Å²) in [6, 6.07) is 0.323. The third kappa shape index (κ3) is 6.65. The summed E-state index contributed by atoms with van der Waals surface area (Å²) >= 11 is 6.48. The number of fused-ring (bicyclic) bond motifs is 2. The molecule has 10 nitrogen and oxygen atoms in total. The lowest BCUT2D eigenvalue weighted by Crippen LogP contribution is -2.52. The van der Waals surface area contributed by atoms with Gasteiger partial charge in [-0.2, -0.15) is 0 Å². The summed E-state index contributed by atoms with van der Waals surface area (Å²) in [5, 5.41) is 0.454. The number of piperazine rings is 1. The van der Waals surface area contributed by atoms with Crippen LogP contribution in [0.5, 0.6) is 0 Å².